The van der Waals surface area contributed by atoms with Gasteiger partial charge in [-0.2, -0.15) is 5.26 Å². The highest BCUT2D eigenvalue weighted by Gasteiger charge is 2.41. The Labute approximate surface area is 239 Å². The second kappa shape index (κ2) is 12.0. The SMILES string of the molecule is C/C(=C(/C#N)C(=O)NC[C@H]1OC(O)[C@H](C)[C@@H](O)[C@@H]1O)c1ccc(-c2ccc3cc(N4CCOCC4)ccc3c2)n1C. The summed E-state index contributed by atoms with van der Waals surface area (Å²) in [7, 11) is 1.89. The van der Waals surface area contributed by atoms with E-state index in [0.29, 0.717) is 11.3 Å². The number of aliphatic hydroxyl groups excluding tert-OH is 3. The zero-order chi connectivity index (χ0) is 29.3. The Morgan fingerprint density at radius 1 is 1.05 bits per heavy atom. The molecule has 5 atom stereocenters. The van der Waals surface area contributed by atoms with Crippen molar-refractivity contribution in [3.05, 3.63) is 59.8 Å². The van der Waals surface area contributed by atoms with Crippen LogP contribution in [0.25, 0.3) is 27.6 Å². The van der Waals surface area contributed by atoms with Crippen molar-refractivity contribution >= 4 is 27.9 Å². The third-order valence-electron chi connectivity index (χ3n) is 8.21. The van der Waals surface area contributed by atoms with E-state index in [1.807, 2.05) is 29.8 Å². The molecule has 3 aromatic rings. The molecule has 4 N–H and O–H groups in total. The molecule has 2 aliphatic heterocycles. The number of rotatable bonds is 6. The van der Waals surface area contributed by atoms with E-state index < -0.39 is 36.4 Å². The summed E-state index contributed by atoms with van der Waals surface area (Å²) in [5.41, 5.74) is 4.26. The van der Waals surface area contributed by atoms with Crippen molar-refractivity contribution in [2.24, 2.45) is 13.0 Å². The average molecular weight is 561 g/mol. The number of allylic oxidation sites excluding steroid dienone is 1. The molecule has 0 saturated carbocycles. The topological polar surface area (TPSA) is 140 Å². The van der Waals surface area contributed by atoms with E-state index in [9.17, 15) is 25.4 Å². The summed E-state index contributed by atoms with van der Waals surface area (Å²) in [4.78, 5) is 15.3. The summed E-state index contributed by atoms with van der Waals surface area (Å²) >= 11 is 0. The maximum atomic E-state index is 13.0. The molecule has 10 nitrogen and oxygen atoms in total. The average Bonchev–Trinajstić information content (AvgIpc) is 3.38. The van der Waals surface area contributed by atoms with E-state index in [-0.39, 0.29) is 12.1 Å². The van der Waals surface area contributed by atoms with Gasteiger partial charge >= 0.3 is 0 Å². The van der Waals surface area contributed by atoms with Crippen LogP contribution in [0, 0.1) is 17.2 Å². The number of morpholine rings is 1. The number of hydrogen-bond donors (Lipinski definition) is 4. The van der Waals surface area contributed by atoms with E-state index in [1.54, 1.807) is 13.8 Å². The Bertz CT molecular complexity index is 1500. The number of hydrogen-bond acceptors (Lipinski definition) is 8. The van der Waals surface area contributed by atoms with Crippen LogP contribution in [0.3, 0.4) is 0 Å². The van der Waals surface area contributed by atoms with Gasteiger partial charge in [-0.3, -0.25) is 4.79 Å². The Morgan fingerprint density at radius 2 is 1.76 bits per heavy atom. The molecular formula is C31H36N4O6. The number of ether oxygens (including phenoxy) is 2. The van der Waals surface area contributed by atoms with Crippen LogP contribution in [0.5, 0.6) is 0 Å². The van der Waals surface area contributed by atoms with Crippen molar-refractivity contribution in [3.63, 3.8) is 0 Å². The van der Waals surface area contributed by atoms with Crippen LogP contribution in [0.1, 0.15) is 19.5 Å². The predicted molar refractivity (Wildman–Crippen MR) is 155 cm³/mol. The minimum atomic E-state index is -1.28. The molecule has 3 heterocycles. The number of nitrogens with one attached hydrogen (secondary N) is 1. The summed E-state index contributed by atoms with van der Waals surface area (Å²) in [6.07, 6.45) is -4.77. The van der Waals surface area contributed by atoms with Crippen molar-refractivity contribution in [1.29, 1.82) is 5.26 Å². The molecule has 2 fully saturated rings. The van der Waals surface area contributed by atoms with Crippen molar-refractivity contribution in [1.82, 2.24) is 9.88 Å². The molecule has 1 amide bonds. The summed E-state index contributed by atoms with van der Waals surface area (Å²) in [5.74, 6) is -1.30. The minimum Gasteiger partial charge on any atom is -0.390 e. The van der Waals surface area contributed by atoms with Crippen molar-refractivity contribution in [2.45, 2.75) is 38.4 Å². The molecule has 2 aliphatic rings. The largest absolute Gasteiger partial charge is 0.390 e. The molecule has 41 heavy (non-hydrogen) atoms. The van der Waals surface area contributed by atoms with Gasteiger partial charge in [0.2, 0.25) is 0 Å². The third kappa shape index (κ3) is 5.73. The van der Waals surface area contributed by atoms with Gasteiger partial charge in [0.1, 0.15) is 23.9 Å². The van der Waals surface area contributed by atoms with Crippen LogP contribution < -0.4 is 10.2 Å². The van der Waals surface area contributed by atoms with E-state index in [2.05, 4.69) is 46.6 Å². The first kappa shape index (κ1) is 28.8. The molecule has 0 bridgehead atoms. The monoisotopic (exact) mass is 560 g/mol. The molecule has 2 aromatic carbocycles. The fraction of sp³-hybridized carbons (Fsp3) is 0.419. The lowest BCUT2D eigenvalue weighted by Crippen LogP contribution is -2.56. The second-order valence-corrected chi connectivity index (χ2v) is 10.7. The predicted octanol–water partition coefficient (Wildman–Crippen LogP) is 2.17. The Hall–Kier alpha value is -3.72. The van der Waals surface area contributed by atoms with Crippen LogP contribution in [-0.2, 0) is 21.3 Å². The maximum absolute atomic E-state index is 13.0. The number of aliphatic hydroxyl groups is 3. The molecule has 1 unspecified atom stereocenters. The molecule has 0 spiro atoms. The highest BCUT2D eigenvalue weighted by molar-refractivity contribution is 6.04. The fourth-order valence-electron chi connectivity index (χ4n) is 5.56. The zero-order valence-corrected chi connectivity index (χ0v) is 23.4. The lowest BCUT2D eigenvalue weighted by Gasteiger charge is -2.39. The quantitative estimate of drug-likeness (QED) is 0.266. The van der Waals surface area contributed by atoms with Gasteiger partial charge < -0.3 is 39.6 Å². The Kier molecular flexibility index (Phi) is 8.45. The van der Waals surface area contributed by atoms with Crippen LogP contribution in [0.15, 0.2) is 54.1 Å². The summed E-state index contributed by atoms with van der Waals surface area (Å²) in [6, 6.07) is 18.6. The van der Waals surface area contributed by atoms with Gasteiger partial charge in [-0.15, -0.1) is 0 Å². The fourth-order valence-corrected chi connectivity index (χ4v) is 5.56. The summed E-state index contributed by atoms with van der Waals surface area (Å²) in [6.45, 7) is 6.33. The standard InChI is InChI=1S/C31H36N4O6/c1-18(24(16-32)30(38)33-17-27-29(37)28(36)19(2)31(39)41-27)25-8-9-26(34(25)3)22-5-4-21-15-23(7-6-20(21)14-22)35-10-12-40-13-11-35/h4-9,14-15,19,27-29,31,36-37,39H,10-13,17H2,1-3H3,(H,33,38)/b24-18+/t19-,27-,28-,29-,31?/m1/s1. The van der Waals surface area contributed by atoms with Gasteiger partial charge in [0, 0.05) is 49.7 Å². The molecule has 10 heteroatoms. The van der Waals surface area contributed by atoms with Gasteiger partial charge in [-0.25, -0.2) is 0 Å². The van der Waals surface area contributed by atoms with E-state index in [1.165, 1.54) is 5.69 Å². The van der Waals surface area contributed by atoms with Gasteiger partial charge in [-0.1, -0.05) is 25.1 Å². The Balaban J connectivity index is 1.34. The van der Waals surface area contributed by atoms with E-state index >= 15 is 0 Å². The molecule has 216 valence electrons. The first-order valence-corrected chi connectivity index (χ1v) is 13.8. The number of fused-ring (bicyclic) bond motifs is 1. The van der Waals surface area contributed by atoms with E-state index in [0.717, 1.165) is 48.3 Å². The van der Waals surface area contributed by atoms with Crippen LogP contribution in [0.4, 0.5) is 5.69 Å². The maximum Gasteiger partial charge on any atom is 0.262 e. The van der Waals surface area contributed by atoms with Crippen molar-refractivity contribution in [2.75, 3.05) is 37.7 Å². The third-order valence-corrected chi connectivity index (χ3v) is 8.21. The smallest absolute Gasteiger partial charge is 0.262 e. The van der Waals surface area contributed by atoms with E-state index in [4.69, 9.17) is 9.47 Å². The van der Waals surface area contributed by atoms with Gasteiger partial charge in [0.25, 0.3) is 5.91 Å². The molecule has 5 rings (SSSR count). The van der Waals surface area contributed by atoms with Gasteiger partial charge in [0.05, 0.1) is 19.3 Å². The zero-order valence-electron chi connectivity index (χ0n) is 23.4. The number of amides is 1. The number of carbonyl (C=O) groups is 1. The first-order chi connectivity index (χ1) is 19.7. The number of carbonyl (C=O) groups excluding carboxylic acids is 1. The normalized spacial score (nSPS) is 25.5. The van der Waals surface area contributed by atoms with Crippen LogP contribution >= 0.6 is 0 Å². The van der Waals surface area contributed by atoms with Gasteiger partial charge in [0.15, 0.2) is 6.29 Å². The number of benzene rings is 2. The molecular weight excluding hydrogens is 524 g/mol. The second-order valence-electron chi connectivity index (χ2n) is 10.7. The van der Waals surface area contributed by atoms with Crippen molar-refractivity contribution < 1.29 is 29.6 Å². The van der Waals surface area contributed by atoms with Crippen molar-refractivity contribution in [3.8, 4) is 17.3 Å². The summed E-state index contributed by atoms with van der Waals surface area (Å²) < 4.78 is 12.8. The minimum absolute atomic E-state index is 0.0772. The lowest BCUT2D eigenvalue weighted by atomic mass is 9.92. The van der Waals surface area contributed by atoms with Crippen LogP contribution in [-0.4, -0.2) is 83.2 Å². The van der Waals surface area contributed by atoms with Crippen LogP contribution in [0.2, 0.25) is 0 Å². The number of aromatic nitrogens is 1. The molecule has 0 radical (unpaired) electrons. The number of nitriles is 1. The number of nitrogens with zero attached hydrogens (tertiary/aromatic N) is 3. The highest BCUT2D eigenvalue weighted by Crippen LogP contribution is 2.31. The highest BCUT2D eigenvalue weighted by atomic mass is 16.6. The number of anilines is 1. The molecule has 0 aliphatic carbocycles. The summed E-state index contributed by atoms with van der Waals surface area (Å²) in [5, 5.41) is 45.1. The van der Waals surface area contributed by atoms with Gasteiger partial charge in [-0.05, 0) is 59.2 Å². The molecule has 1 aromatic heterocycles. The Morgan fingerprint density at radius 3 is 2.49 bits per heavy atom. The molecule has 2 saturated heterocycles. The first-order valence-electron chi connectivity index (χ1n) is 13.8. The lowest BCUT2D eigenvalue weighted by molar-refractivity contribution is -0.258.